The van der Waals surface area contributed by atoms with Crippen LogP contribution in [-0.2, 0) is 0 Å². The molecule has 0 amide bonds. The Labute approximate surface area is 115 Å². The van der Waals surface area contributed by atoms with Gasteiger partial charge in [-0.1, -0.05) is 23.8 Å². The first-order chi connectivity index (χ1) is 8.56. The second-order valence-corrected chi connectivity index (χ2v) is 4.49. The number of hydrogen-bond acceptors (Lipinski definition) is 4. The van der Waals surface area contributed by atoms with Crippen LogP contribution in [0.5, 0.6) is 11.6 Å². The summed E-state index contributed by atoms with van der Waals surface area (Å²) in [5, 5.41) is 0.483. The van der Waals surface area contributed by atoms with Crippen molar-refractivity contribution < 1.29 is 4.74 Å². The topological polar surface area (TPSA) is 61.0 Å². The Morgan fingerprint density at radius 2 is 2.17 bits per heavy atom. The molecule has 0 fully saturated rings. The zero-order valence-corrected chi connectivity index (χ0v) is 11.1. The lowest BCUT2D eigenvalue weighted by molar-refractivity contribution is 0.458. The summed E-state index contributed by atoms with van der Waals surface area (Å²) in [6, 6.07) is 5.23. The van der Waals surface area contributed by atoms with Gasteiger partial charge in [0, 0.05) is 18.0 Å². The molecule has 2 rings (SSSR count). The van der Waals surface area contributed by atoms with E-state index >= 15 is 0 Å². The Hall–Kier alpha value is -1.72. The maximum Gasteiger partial charge on any atom is 0.229 e. The van der Waals surface area contributed by atoms with Crippen molar-refractivity contribution in [2.45, 2.75) is 6.92 Å². The minimum atomic E-state index is 0.229. The van der Waals surface area contributed by atoms with Crippen molar-refractivity contribution in [2.24, 2.45) is 5.73 Å². The number of hydrogen-bond donors (Lipinski definition) is 1. The van der Waals surface area contributed by atoms with Crippen LogP contribution < -0.4 is 10.5 Å². The fraction of sp³-hybridized carbons (Fsp3) is 0.0833. The molecule has 18 heavy (non-hydrogen) atoms. The Morgan fingerprint density at radius 1 is 1.39 bits per heavy atom. The summed E-state index contributed by atoms with van der Waals surface area (Å²) < 4.78 is 5.61. The first-order valence-electron chi connectivity index (χ1n) is 5.12. The van der Waals surface area contributed by atoms with Crippen molar-refractivity contribution >= 4 is 28.8 Å². The fourth-order valence-electron chi connectivity index (χ4n) is 1.36. The monoisotopic (exact) mass is 279 g/mol. The highest BCUT2D eigenvalue weighted by Crippen LogP contribution is 2.24. The van der Waals surface area contributed by atoms with Crippen LogP contribution in [0.25, 0.3) is 0 Å². The SMILES string of the molecule is Cc1ccc(C(N)=S)c(Oc2cncc(Cl)c2)n1. The predicted molar refractivity (Wildman–Crippen MR) is 74.2 cm³/mol. The van der Waals surface area contributed by atoms with Crippen LogP contribution in [0, 0.1) is 6.92 Å². The molecule has 2 aromatic rings. The van der Waals surface area contributed by atoms with Crippen molar-refractivity contribution in [3.8, 4) is 11.6 Å². The van der Waals surface area contributed by atoms with Gasteiger partial charge in [0.2, 0.25) is 5.88 Å². The summed E-state index contributed by atoms with van der Waals surface area (Å²) >= 11 is 10.8. The first kappa shape index (κ1) is 12.7. The van der Waals surface area contributed by atoms with Gasteiger partial charge in [0.1, 0.15) is 10.7 Å². The average molecular weight is 280 g/mol. The molecule has 0 unspecified atom stereocenters. The van der Waals surface area contributed by atoms with Gasteiger partial charge in [0.05, 0.1) is 16.8 Å². The molecule has 0 aliphatic rings. The van der Waals surface area contributed by atoms with E-state index in [0.29, 0.717) is 22.2 Å². The number of aromatic nitrogens is 2. The summed E-state index contributed by atoms with van der Waals surface area (Å²) in [6.45, 7) is 1.85. The van der Waals surface area contributed by atoms with Crippen LogP contribution >= 0.6 is 23.8 Å². The zero-order valence-electron chi connectivity index (χ0n) is 9.55. The van der Waals surface area contributed by atoms with Crippen molar-refractivity contribution in [1.29, 1.82) is 0 Å². The smallest absolute Gasteiger partial charge is 0.229 e. The van der Waals surface area contributed by atoms with Gasteiger partial charge in [0.15, 0.2) is 0 Å². The molecular formula is C12H10ClN3OS. The van der Waals surface area contributed by atoms with Crippen LogP contribution in [0.3, 0.4) is 0 Å². The Kier molecular flexibility index (Phi) is 3.74. The highest BCUT2D eigenvalue weighted by molar-refractivity contribution is 7.80. The third-order valence-electron chi connectivity index (χ3n) is 2.16. The molecule has 92 valence electrons. The van der Waals surface area contributed by atoms with Crippen molar-refractivity contribution in [3.63, 3.8) is 0 Å². The van der Waals surface area contributed by atoms with E-state index < -0.39 is 0 Å². The molecule has 2 N–H and O–H groups in total. The molecule has 4 nitrogen and oxygen atoms in total. The average Bonchev–Trinajstić information content (AvgIpc) is 2.28. The molecule has 2 aromatic heterocycles. The van der Waals surface area contributed by atoms with Gasteiger partial charge < -0.3 is 10.5 Å². The molecule has 0 aromatic carbocycles. The van der Waals surface area contributed by atoms with Crippen LogP contribution in [0.1, 0.15) is 11.3 Å². The third kappa shape index (κ3) is 2.94. The molecule has 0 aliphatic carbocycles. The van der Waals surface area contributed by atoms with Crippen LogP contribution in [-0.4, -0.2) is 15.0 Å². The van der Waals surface area contributed by atoms with E-state index in [1.807, 2.05) is 13.0 Å². The summed E-state index contributed by atoms with van der Waals surface area (Å²) in [6.07, 6.45) is 3.06. The molecule has 0 spiro atoms. The number of pyridine rings is 2. The normalized spacial score (nSPS) is 10.1. The Morgan fingerprint density at radius 3 is 2.83 bits per heavy atom. The number of nitrogens with two attached hydrogens (primary N) is 1. The minimum Gasteiger partial charge on any atom is -0.437 e. The van der Waals surface area contributed by atoms with E-state index in [9.17, 15) is 0 Å². The zero-order chi connectivity index (χ0) is 13.1. The van der Waals surface area contributed by atoms with Crippen LogP contribution in [0.4, 0.5) is 0 Å². The second kappa shape index (κ2) is 5.29. The summed E-state index contributed by atoms with van der Waals surface area (Å²) in [5.41, 5.74) is 7.00. The van der Waals surface area contributed by atoms with Crippen LogP contribution in [0.15, 0.2) is 30.6 Å². The first-order valence-corrected chi connectivity index (χ1v) is 5.91. The molecular weight excluding hydrogens is 270 g/mol. The lowest BCUT2D eigenvalue weighted by Crippen LogP contribution is -2.12. The van der Waals surface area contributed by atoms with Crippen molar-refractivity contribution in [2.75, 3.05) is 0 Å². The van der Waals surface area contributed by atoms with E-state index in [1.54, 1.807) is 18.3 Å². The summed E-state index contributed by atoms with van der Waals surface area (Å²) in [5.74, 6) is 0.838. The predicted octanol–water partition coefficient (Wildman–Crippen LogP) is 2.86. The van der Waals surface area contributed by atoms with Gasteiger partial charge in [-0.25, -0.2) is 4.98 Å². The number of aryl methyl sites for hydroxylation is 1. The van der Waals surface area contributed by atoms with Gasteiger partial charge in [0.25, 0.3) is 0 Å². The molecule has 2 heterocycles. The molecule has 0 saturated carbocycles. The van der Waals surface area contributed by atoms with Gasteiger partial charge in [-0.15, -0.1) is 0 Å². The summed E-state index contributed by atoms with van der Waals surface area (Å²) in [4.78, 5) is 8.42. The lowest BCUT2D eigenvalue weighted by Gasteiger charge is -2.09. The number of ether oxygens (including phenoxy) is 1. The molecule has 0 atom stereocenters. The Balaban J connectivity index is 2.39. The molecule has 0 aliphatic heterocycles. The van der Waals surface area contributed by atoms with Crippen LogP contribution in [0.2, 0.25) is 5.02 Å². The molecule has 0 bridgehead atoms. The van der Waals surface area contributed by atoms with E-state index in [1.165, 1.54) is 6.20 Å². The molecule has 0 saturated heterocycles. The maximum absolute atomic E-state index is 5.83. The van der Waals surface area contributed by atoms with E-state index in [2.05, 4.69) is 9.97 Å². The highest BCUT2D eigenvalue weighted by Gasteiger charge is 2.10. The number of nitrogens with zero attached hydrogens (tertiary/aromatic N) is 2. The minimum absolute atomic E-state index is 0.229. The summed E-state index contributed by atoms with van der Waals surface area (Å²) in [7, 11) is 0. The Bertz CT molecular complexity index is 604. The lowest BCUT2D eigenvalue weighted by atomic mass is 10.2. The van der Waals surface area contributed by atoms with Gasteiger partial charge >= 0.3 is 0 Å². The largest absolute Gasteiger partial charge is 0.437 e. The number of rotatable bonds is 3. The van der Waals surface area contributed by atoms with Crippen molar-refractivity contribution in [1.82, 2.24) is 9.97 Å². The van der Waals surface area contributed by atoms with Gasteiger partial charge in [-0.05, 0) is 19.1 Å². The quantitative estimate of drug-likeness (QED) is 0.876. The van der Waals surface area contributed by atoms with Gasteiger partial charge in [-0.2, -0.15) is 0 Å². The fourth-order valence-corrected chi connectivity index (χ4v) is 1.68. The van der Waals surface area contributed by atoms with Crippen molar-refractivity contribution in [3.05, 3.63) is 46.9 Å². The number of thiocarbonyl (C=S) groups is 1. The molecule has 6 heteroatoms. The van der Waals surface area contributed by atoms with E-state index in [-0.39, 0.29) is 4.99 Å². The maximum atomic E-state index is 5.83. The standard InChI is InChI=1S/C12H10ClN3OS/c1-7-2-3-10(11(14)18)12(16-7)17-9-4-8(13)5-15-6-9/h2-6H,1H3,(H2,14,18). The third-order valence-corrected chi connectivity index (χ3v) is 2.59. The number of halogens is 1. The van der Waals surface area contributed by atoms with E-state index in [4.69, 9.17) is 34.3 Å². The van der Waals surface area contributed by atoms with Gasteiger partial charge in [-0.3, -0.25) is 4.98 Å². The second-order valence-electron chi connectivity index (χ2n) is 3.61. The van der Waals surface area contributed by atoms with E-state index in [0.717, 1.165) is 5.69 Å². The highest BCUT2D eigenvalue weighted by atomic mass is 35.5. The molecule has 0 radical (unpaired) electrons.